The lowest BCUT2D eigenvalue weighted by Crippen LogP contribution is -2.26. The first kappa shape index (κ1) is 23.5. The molecule has 2 heterocycles. The lowest BCUT2D eigenvalue weighted by molar-refractivity contribution is -0.129. The lowest BCUT2D eigenvalue weighted by atomic mass is 10.1. The van der Waals surface area contributed by atoms with Gasteiger partial charge >= 0.3 is 5.97 Å². The molecule has 1 saturated heterocycles. The highest BCUT2D eigenvalue weighted by atomic mass is 16.5. The van der Waals surface area contributed by atoms with Gasteiger partial charge in [0.1, 0.15) is 29.1 Å². The summed E-state index contributed by atoms with van der Waals surface area (Å²) in [5.74, 6) is 0.630. The van der Waals surface area contributed by atoms with Crippen LogP contribution in [0.15, 0.2) is 41.6 Å². The summed E-state index contributed by atoms with van der Waals surface area (Å²) in [4.78, 5) is 15.7. The van der Waals surface area contributed by atoms with Crippen molar-refractivity contribution in [2.45, 2.75) is 45.3 Å². The van der Waals surface area contributed by atoms with Crippen molar-refractivity contribution in [3.63, 3.8) is 0 Å². The minimum Gasteiger partial charge on any atom is -0.488 e. The highest BCUT2D eigenvalue weighted by Crippen LogP contribution is 2.33. The first-order chi connectivity index (χ1) is 15.6. The van der Waals surface area contributed by atoms with Crippen LogP contribution >= 0.6 is 0 Å². The van der Waals surface area contributed by atoms with Gasteiger partial charge in [0.2, 0.25) is 0 Å². The maximum absolute atomic E-state index is 11.4. The summed E-state index contributed by atoms with van der Waals surface area (Å²) < 4.78 is 22.6. The molecule has 0 radical (unpaired) electrons. The highest BCUT2D eigenvalue weighted by Gasteiger charge is 2.18. The number of carbonyl (C=O) groups is 1. The molecule has 0 unspecified atom stereocenters. The Morgan fingerprint density at radius 1 is 1.25 bits per heavy atom. The minimum atomic E-state index is -1.05. The van der Waals surface area contributed by atoms with Crippen LogP contribution in [0.25, 0.3) is 0 Å². The van der Waals surface area contributed by atoms with Gasteiger partial charge in [0, 0.05) is 26.0 Å². The number of aromatic nitrogens is 1. The zero-order chi connectivity index (χ0) is 22.8. The van der Waals surface area contributed by atoms with Gasteiger partial charge in [-0.05, 0) is 30.7 Å². The number of methoxy groups -OCH3 is 1. The molecule has 172 valence electrons. The predicted molar refractivity (Wildman–Crippen MR) is 120 cm³/mol. The van der Waals surface area contributed by atoms with Crippen molar-refractivity contribution in [3.05, 3.63) is 42.2 Å². The van der Waals surface area contributed by atoms with Crippen molar-refractivity contribution in [3.8, 4) is 17.2 Å². The Bertz CT molecular complexity index is 910. The Morgan fingerprint density at radius 3 is 2.69 bits per heavy atom. The van der Waals surface area contributed by atoms with Gasteiger partial charge in [0.05, 0.1) is 37.4 Å². The van der Waals surface area contributed by atoms with E-state index in [0.717, 1.165) is 18.5 Å². The zero-order valence-corrected chi connectivity index (χ0v) is 18.4. The second-order valence-electron chi connectivity index (χ2n) is 7.33. The lowest BCUT2D eigenvalue weighted by Gasteiger charge is -2.24. The van der Waals surface area contributed by atoms with E-state index in [2.05, 4.69) is 15.5 Å². The number of hydrogen-bond donors (Lipinski definition) is 2. The number of hydrazone groups is 1. The predicted octanol–water partition coefficient (Wildman–Crippen LogP) is 4.23. The Labute approximate surface area is 187 Å². The molecule has 32 heavy (non-hydrogen) atoms. The van der Waals surface area contributed by atoms with Gasteiger partial charge < -0.3 is 24.1 Å². The van der Waals surface area contributed by atoms with E-state index < -0.39 is 5.97 Å². The molecule has 0 aliphatic carbocycles. The van der Waals surface area contributed by atoms with Gasteiger partial charge in [-0.2, -0.15) is 5.10 Å². The van der Waals surface area contributed by atoms with Crippen LogP contribution in [0.1, 0.15) is 38.3 Å². The molecule has 9 nitrogen and oxygen atoms in total. The SMILES string of the molecule is CCCC(=NNc1ccc(Oc2ccc(COC)nc2)cc1OC1CCOCC1)C(=O)O. The van der Waals surface area contributed by atoms with Crippen molar-refractivity contribution < 1.29 is 28.8 Å². The second kappa shape index (κ2) is 12.0. The quantitative estimate of drug-likeness (QED) is 0.392. The molecule has 0 atom stereocenters. The van der Waals surface area contributed by atoms with Crippen LogP contribution in [0.5, 0.6) is 17.2 Å². The molecule has 1 aromatic carbocycles. The van der Waals surface area contributed by atoms with Crippen LogP contribution in [0.3, 0.4) is 0 Å². The molecule has 1 aliphatic rings. The molecular weight excluding hydrogens is 414 g/mol. The van der Waals surface area contributed by atoms with Gasteiger partial charge in [-0.3, -0.25) is 10.4 Å². The third-order valence-electron chi connectivity index (χ3n) is 4.79. The first-order valence-electron chi connectivity index (χ1n) is 10.6. The van der Waals surface area contributed by atoms with Gasteiger partial charge in [0.15, 0.2) is 0 Å². The van der Waals surface area contributed by atoms with E-state index in [1.54, 1.807) is 31.5 Å². The van der Waals surface area contributed by atoms with E-state index in [1.165, 1.54) is 0 Å². The number of nitrogens with zero attached hydrogens (tertiary/aromatic N) is 2. The van der Waals surface area contributed by atoms with Crippen LogP contribution in [0.4, 0.5) is 5.69 Å². The number of carboxylic acid groups (broad SMARTS) is 1. The van der Waals surface area contributed by atoms with Gasteiger partial charge in [-0.15, -0.1) is 0 Å². The fourth-order valence-electron chi connectivity index (χ4n) is 3.15. The van der Waals surface area contributed by atoms with E-state index in [4.69, 9.17) is 18.9 Å². The van der Waals surface area contributed by atoms with Crippen molar-refractivity contribution in [2.75, 3.05) is 25.7 Å². The molecule has 1 aliphatic heterocycles. The Kier molecular flexibility index (Phi) is 8.82. The molecule has 9 heteroatoms. The molecule has 2 N–H and O–H groups in total. The van der Waals surface area contributed by atoms with E-state index in [0.29, 0.717) is 55.6 Å². The number of rotatable bonds is 11. The average molecular weight is 444 g/mol. The highest BCUT2D eigenvalue weighted by molar-refractivity contribution is 6.35. The normalized spacial score (nSPS) is 14.8. The standard InChI is InChI=1S/C23H29N3O6/c1-3-4-21(23(27)28)26-25-20-8-7-18(13-22(20)32-17-9-11-30-12-10-17)31-19-6-5-16(15-29-2)24-14-19/h5-8,13-14,17,25H,3-4,9-12,15H2,1-2H3,(H,27,28). The van der Waals surface area contributed by atoms with E-state index in [9.17, 15) is 9.90 Å². The third kappa shape index (κ3) is 6.93. The monoisotopic (exact) mass is 443 g/mol. The fraction of sp³-hybridized carbons (Fsp3) is 0.435. The molecule has 0 amide bonds. The van der Waals surface area contributed by atoms with Gasteiger partial charge in [-0.1, -0.05) is 13.3 Å². The van der Waals surface area contributed by atoms with Gasteiger partial charge in [-0.25, -0.2) is 4.79 Å². The van der Waals surface area contributed by atoms with Crippen molar-refractivity contribution in [2.24, 2.45) is 5.10 Å². The Morgan fingerprint density at radius 2 is 2.03 bits per heavy atom. The maximum Gasteiger partial charge on any atom is 0.352 e. The molecular formula is C23H29N3O6. The topological polar surface area (TPSA) is 112 Å². The van der Waals surface area contributed by atoms with Crippen LogP contribution in [0.2, 0.25) is 0 Å². The summed E-state index contributed by atoms with van der Waals surface area (Å²) in [6, 6.07) is 8.94. The fourth-order valence-corrected chi connectivity index (χ4v) is 3.15. The average Bonchev–Trinajstić information content (AvgIpc) is 2.80. The molecule has 2 aromatic rings. The molecule has 3 rings (SSSR count). The molecule has 1 fully saturated rings. The van der Waals surface area contributed by atoms with Crippen molar-refractivity contribution in [1.29, 1.82) is 0 Å². The smallest absolute Gasteiger partial charge is 0.352 e. The number of hydrogen-bond acceptors (Lipinski definition) is 8. The van der Waals surface area contributed by atoms with Crippen LogP contribution < -0.4 is 14.9 Å². The summed E-state index contributed by atoms with van der Waals surface area (Å²) in [6.45, 7) is 3.61. The summed E-state index contributed by atoms with van der Waals surface area (Å²) >= 11 is 0. The maximum atomic E-state index is 11.4. The molecule has 0 spiro atoms. The number of benzene rings is 1. The van der Waals surface area contributed by atoms with Crippen LogP contribution in [-0.2, 0) is 20.9 Å². The molecule has 1 aromatic heterocycles. The Balaban J connectivity index is 1.80. The van der Waals surface area contributed by atoms with Crippen molar-refractivity contribution >= 4 is 17.4 Å². The van der Waals surface area contributed by atoms with Crippen LogP contribution in [-0.4, -0.2) is 48.2 Å². The van der Waals surface area contributed by atoms with E-state index in [1.807, 2.05) is 19.1 Å². The summed E-state index contributed by atoms with van der Waals surface area (Å²) in [6.07, 6.45) is 4.22. The number of aliphatic carboxylic acids is 1. The summed E-state index contributed by atoms with van der Waals surface area (Å²) in [5.41, 5.74) is 4.28. The number of ether oxygens (including phenoxy) is 4. The summed E-state index contributed by atoms with van der Waals surface area (Å²) in [7, 11) is 1.62. The Hall–Kier alpha value is -3.17. The largest absolute Gasteiger partial charge is 0.488 e. The van der Waals surface area contributed by atoms with Crippen molar-refractivity contribution in [1.82, 2.24) is 4.98 Å². The first-order valence-corrected chi connectivity index (χ1v) is 10.6. The van der Waals surface area contributed by atoms with E-state index in [-0.39, 0.29) is 11.8 Å². The number of nitrogens with one attached hydrogen (secondary N) is 1. The third-order valence-corrected chi connectivity index (χ3v) is 4.79. The molecule has 0 bridgehead atoms. The second-order valence-corrected chi connectivity index (χ2v) is 7.33. The summed E-state index contributed by atoms with van der Waals surface area (Å²) in [5, 5.41) is 13.4. The van der Waals surface area contributed by atoms with E-state index >= 15 is 0 Å². The number of pyridine rings is 1. The van der Waals surface area contributed by atoms with Crippen LogP contribution in [0, 0.1) is 0 Å². The minimum absolute atomic E-state index is 0.00638. The number of anilines is 1. The molecule has 0 saturated carbocycles. The number of carboxylic acids is 1. The zero-order valence-electron chi connectivity index (χ0n) is 18.4. The van der Waals surface area contributed by atoms with Gasteiger partial charge in [0.25, 0.3) is 0 Å².